The van der Waals surface area contributed by atoms with Crippen molar-refractivity contribution in [2.75, 3.05) is 12.4 Å². The molecule has 38 heavy (non-hydrogen) atoms. The van der Waals surface area contributed by atoms with Crippen LogP contribution in [0.2, 0.25) is 0 Å². The minimum atomic E-state index is -0.644. The largest absolute Gasteiger partial charge is 0.497 e. The monoisotopic (exact) mass is 578 g/mol. The van der Waals surface area contributed by atoms with Crippen LogP contribution < -0.4 is 10.2 Å². The lowest BCUT2D eigenvalue weighted by Gasteiger charge is -2.47. The molecular formula is C31H35BrN2O4. The second-order valence-corrected chi connectivity index (χ2v) is 10.5. The van der Waals surface area contributed by atoms with Gasteiger partial charge >= 0.3 is 0 Å². The molecule has 1 heterocycles. The zero-order chi connectivity index (χ0) is 26.9. The number of ether oxygens (including phenoxy) is 1. The van der Waals surface area contributed by atoms with E-state index in [4.69, 9.17) is 4.74 Å². The Morgan fingerprint density at radius 1 is 1.00 bits per heavy atom. The molecule has 0 spiro atoms. The Morgan fingerprint density at radius 3 is 2.29 bits per heavy atom. The van der Waals surface area contributed by atoms with Gasteiger partial charge in [-0.05, 0) is 60.4 Å². The zero-order valence-corrected chi connectivity index (χ0v) is 23.2. The number of hydrogen-bond donors (Lipinski definition) is 2. The molecule has 4 atom stereocenters. The molecule has 2 amide bonds. The lowest BCUT2D eigenvalue weighted by atomic mass is 9.80. The van der Waals surface area contributed by atoms with Crippen LogP contribution in [0.1, 0.15) is 54.5 Å². The summed E-state index contributed by atoms with van der Waals surface area (Å²) in [4.78, 5) is 26.1. The smallest absolute Gasteiger partial charge is 0.247 e. The summed E-state index contributed by atoms with van der Waals surface area (Å²) in [5.41, 5.74) is 5.88. The number of nitrogens with one attached hydrogen (secondary N) is 1. The number of halogens is 1. The number of β-lactam (4-membered cyclic amide) rings is 1. The average molecular weight is 580 g/mol. The predicted molar refractivity (Wildman–Crippen MR) is 152 cm³/mol. The number of rotatable bonds is 13. The number of hydrogen-bond acceptors (Lipinski definition) is 4. The van der Waals surface area contributed by atoms with Gasteiger partial charge in [0.15, 0.2) is 0 Å². The minimum Gasteiger partial charge on any atom is -0.497 e. The van der Waals surface area contributed by atoms with Crippen molar-refractivity contribution in [2.45, 2.75) is 44.2 Å². The number of carbonyl (C=O) groups excluding carboxylic acids is 2. The second kappa shape index (κ2) is 13.6. The summed E-state index contributed by atoms with van der Waals surface area (Å²) < 4.78 is 5.29. The fourth-order valence-electron chi connectivity index (χ4n) is 5.02. The lowest BCUT2D eigenvalue weighted by Crippen LogP contribution is -2.62. The maximum absolute atomic E-state index is 13.2. The van der Waals surface area contributed by atoms with Gasteiger partial charge in [-0.2, -0.15) is 0 Å². The third kappa shape index (κ3) is 7.03. The van der Waals surface area contributed by atoms with Crippen molar-refractivity contribution in [3.63, 3.8) is 0 Å². The maximum Gasteiger partial charge on any atom is 0.247 e. The third-order valence-electron chi connectivity index (χ3n) is 7.22. The molecular weight excluding hydrogens is 544 g/mol. The van der Waals surface area contributed by atoms with Crippen molar-refractivity contribution in [1.29, 1.82) is 0 Å². The minimum absolute atomic E-state index is 0.124. The van der Waals surface area contributed by atoms with Crippen LogP contribution in [0.4, 0.5) is 0 Å². The van der Waals surface area contributed by atoms with Crippen LogP contribution in [0, 0.1) is 11.8 Å². The molecule has 4 rings (SSSR count). The Morgan fingerprint density at radius 2 is 1.66 bits per heavy atom. The molecule has 7 heteroatoms. The average Bonchev–Trinajstić information content (AvgIpc) is 2.97. The fraction of sp³-hybridized carbons (Fsp3) is 0.355. The summed E-state index contributed by atoms with van der Waals surface area (Å²) in [6.45, 7) is 0. The quantitative estimate of drug-likeness (QED) is 0.199. The molecule has 1 saturated heterocycles. The van der Waals surface area contributed by atoms with E-state index in [9.17, 15) is 14.7 Å². The zero-order valence-electron chi connectivity index (χ0n) is 21.6. The summed E-state index contributed by atoms with van der Waals surface area (Å²) in [5.74, 6) is 0.431. The van der Waals surface area contributed by atoms with Gasteiger partial charge < -0.3 is 9.84 Å². The predicted octanol–water partition coefficient (Wildman–Crippen LogP) is 5.77. The first-order chi connectivity index (χ1) is 18.5. The molecule has 0 bridgehead atoms. The van der Waals surface area contributed by atoms with Crippen molar-refractivity contribution in [1.82, 2.24) is 10.4 Å². The van der Waals surface area contributed by atoms with E-state index in [1.54, 1.807) is 7.11 Å². The molecule has 1 aliphatic rings. The van der Waals surface area contributed by atoms with Crippen LogP contribution in [0.25, 0.3) is 0 Å². The van der Waals surface area contributed by atoms with E-state index in [1.807, 2.05) is 72.8 Å². The van der Waals surface area contributed by atoms with Gasteiger partial charge in [-0.15, -0.1) is 0 Å². The van der Waals surface area contributed by atoms with Crippen LogP contribution in [0.15, 0.2) is 84.9 Å². The Kier molecular flexibility index (Phi) is 9.96. The highest BCUT2D eigenvalue weighted by atomic mass is 79.9. The van der Waals surface area contributed by atoms with E-state index in [1.165, 1.54) is 10.6 Å². The van der Waals surface area contributed by atoms with Gasteiger partial charge in [-0.25, -0.2) is 5.01 Å². The van der Waals surface area contributed by atoms with E-state index in [2.05, 4.69) is 33.5 Å². The van der Waals surface area contributed by atoms with Gasteiger partial charge in [0.05, 0.1) is 25.2 Å². The summed E-state index contributed by atoms with van der Waals surface area (Å²) in [5, 5.41) is 12.9. The van der Waals surface area contributed by atoms with Crippen LogP contribution in [0.3, 0.4) is 0 Å². The number of alkyl halides is 1. The van der Waals surface area contributed by atoms with Crippen LogP contribution >= 0.6 is 15.9 Å². The van der Waals surface area contributed by atoms with Gasteiger partial charge in [0, 0.05) is 11.8 Å². The number of amides is 2. The maximum atomic E-state index is 13.2. The topological polar surface area (TPSA) is 78.9 Å². The number of hydrazine groups is 1. The van der Waals surface area contributed by atoms with E-state index in [-0.39, 0.29) is 23.8 Å². The molecule has 0 aliphatic carbocycles. The second-order valence-electron chi connectivity index (χ2n) is 9.82. The molecule has 0 saturated carbocycles. The Labute approximate surface area is 233 Å². The molecule has 3 aromatic rings. The molecule has 6 nitrogen and oxygen atoms in total. The highest BCUT2D eigenvalue weighted by Gasteiger charge is 2.48. The molecule has 3 aromatic carbocycles. The first kappa shape index (κ1) is 27.9. The molecule has 4 unspecified atom stereocenters. The summed E-state index contributed by atoms with van der Waals surface area (Å²) >= 11 is 3.59. The molecule has 0 aromatic heterocycles. The molecule has 1 aliphatic heterocycles. The Hall–Kier alpha value is -3.16. The number of aliphatic hydroxyl groups excluding tert-OH is 1. The van der Waals surface area contributed by atoms with Crippen molar-refractivity contribution in [2.24, 2.45) is 11.8 Å². The molecule has 0 radical (unpaired) electrons. The number of carbonyl (C=O) groups is 2. The lowest BCUT2D eigenvalue weighted by molar-refractivity contribution is -0.168. The van der Waals surface area contributed by atoms with E-state index in [0.717, 1.165) is 28.6 Å². The number of methoxy groups -OCH3 is 1. The van der Waals surface area contributed by atoms with E-state index < -0.39 is 6.10 Å². The van der Waals surface area contributed by atoms with Gasteiger partial charge in [-0.3, -0.25) is 15.0 Å². The van der Waals surface area contributed by atoms with Gasteiger partial charge in [-0.1, -0.05) is 88.7 Å². The molecule has 2 N–H and O–H groups in total. The number of aliphatic hydroxyl groups is 1. The molecule has 200 valence electrons. The number of nitrogens with zero attached hydrogens (tertiary/aromatic N) is 1. The van der Waals surface area contributed by atoms with Crippen LogP contribution in [-0.2, 0) is 16.0 Å². The number of benzene rings is 3. The van der Waals surface area contributed by atoms with Crippen LogP contribution in [-0.4, -0.2) is 34.4 Å². The first-order valence-electron chi connectivity index (χ1n) is 13.1. The third-order valence-corrected chi connectivity index (χ3v) is 8.13. The summed E-state index contributed by atoms with van der Waals surface area (Å²) in [6.07, 6.45) is 2.27. The SMILES string of the molecule is COc1ccc(C2C(CCC(O)c3ccccc3)C(=O)N2NC(=O)CCC(CBr)Cc2ccccc2)cc1. The van der Waals surface area contributed by atoms with Gasteiger partial charge in [0.1, 0.15) is 5.75 Å². The Balaban J connectivity index is 1.39. The van der Waals surface area contributed by atoms with Gasteiger partial charge in [0.25, 0.3) is 0 Å². The van der Waals surface area contributed by atoms with Crippen molar-refractivity contribution >= 4 is 27.7 Å². The van der Waals surface area contributed by atoms with E-state index >= 15 is 0 Å². The standard InChI is InChI=1S/C31H35BrN2O4/c1-38-26-15-13-25(14-16-26)30-27(17-18-28(35)24-10-6-3-7-11-24)31(37)34(30)33-29(36)19-12-23(21-32)20-22-8-4-2-5-9-22/h2-11,13-16,23,27-28,30,35H,12,17-21H2,1H3,(H,33,36). The highest BCUT2D eigenvalue weighted by molar-refractivity contribution is 9.09. The van der Waals surface area contributed by atoms with Crippen molar-refractivity contribution in [3.8, 4) is 5.75 Å². The highest BCUT2D eigenvalue weighted by Crippen LogP contribution is 2.42. The normalized spacial score (nSPS) is 18.4. The van der Waals surface area contributed by atoms with Crippen molar-refractivity contribution in [3.05, 3.63) is 102 Å². The fourth-order valence-corrected chi connectivity index (χ4v) is 5.58. The van der Waals surface area contributed by atoms with Crippen molar-refractivity contribution < 1.29 is 19.4 Å². The van der Waals surface area contributed by atoms with Gasteiger partial charge in [0.2, 0.25) is 11.8 Å². The van der Waals surface area contributed by atoms with Crippen LogP contribution in [0.5, 0.6) is 5.75 Å². The van der Waals surface area contributed by atoms with E-state index in [0.29, 0.717) is 31.6 Å². The summed E-state index contributed by atoms with van der Waals surface area (Å²) in [6, 6.07) is 27.0. The Bertz CT molecular complexity index is 1170. The summed E-state index contributed by atoms with van der Waals surface area (Å²) in [7, 11) is 1.61. The molecule has 1 fully saturated rings. The first-order valence-corrected chi connectivity index (χ1v) is 14.2.